The van der Waals surface area contributed by atoms with E-state index in [4.69, 9.17) is 14.2 Å². The van der Waals surface area contributed by atoms with Crippen LogP contribution in [0.15, 0.2) is 146 Å². The van der Waals surface area contributed by atoms with Crippen molar-refractivity contribution >= 4 is 17.9 Å². The van der Waals surface area contributed by atoms with Gasteiger partial charge in [0.05, 0.1) is 0 Å². The number of carbonyl (C=O) groups is 3. The van der Waals surface area contributed by atoms with Gasteiger partial charge in [0.2, 0.25) is 0 Å². The largest absolute Gasteiger partial charge is 0.462 e. The van der Waals surface area contributed by atoms with E-state index < -0.39 is 12.1 Å². The lowest BCUT2D eigenvalue weighted by Gasteiger charge is -2.18. The van der Waals surface area contributed by atoms with Gasteiger partial charge in [0.1, 0.15) is 13.2 Å². The van der Waals surface area contributed by atoms with Crippen molar-refractivity contribution in [3.63, 3.8) is 0 Å². The Kier molecular flexibility index (Phi) is 58.9. The maximum absolute atomic E-state index is 12.8. The SMILES string of the molecule is CC/C=C\C/C=C\C/C=C\C/C=C\C/C=C\C/C=C\C/C=C\C/C=C\CCCCCCCCCCC(=O)OCC(COC(=O)CCCCCCCCCCCCCC)OC(=O)CC/C=C\C/C=C\C/C=C\C/C=C\CC. The second-order valence-electron chi connectivity index (χ2n) is 19.9. The van der Waals surface area contributed by atoms with Crippen molar-refractivity contribution in [2.45, 2.75) is 264 Å². The zero-order valence-electron chi connectivity index (χ0n) is 49.0. The van der Waals surface area contributed by atoms with Crippen LogP contribution >= 0.6 is 0 Å². The molecule has 0 spiro atoms. The molecule has 0 saturated carbocycles. The molecule has 0 aliphatic carbocycles. The first kappa shape index (κ1) is 71.3. The van der Waals surface area contributed by atoms with Crippen molar-refractivity contribution in [2.75, 3.05) is 13.2 Å². The summed E-state index contributed by atoms with van der Waals surface area (Å²) in [4.78, 5) is 38.1. The number of allylic oxidation sites excluding steroid dienone is 24. The second kappa shape index (κ2) is 62.8. The lowest BCUT2D eigenvalue weighted by molar-refractivity contribution is -0.166. The summed E-state index contributed by atoms with van der Waals surface area (Å²) in [5, 5.41) is 0. The molecule has 0 radical (unpaired) electrons. The molecule has 0 aromatic rings. The van der Waals surface area contributed by atoms with Crippen LogP contribution in [0.2, 0.25) is 0 Å². The molecule has 0 amide bonds. The molecule has 0 fully saturated rings. The summed E-state index contributed by atoms with van der Waals surface area (Å²) in [7, 11) is 0. The second-order valence-corrected chi connectivity index (χ2v) is 19.9. The monoisotopic (exact) mass is 1050 g/mol. The van der Waals surface area contributed by atoms with Crippen LogP contribution in [0.5, 0.6) is 0 Å². The first-order chi connectivity index (χ1) is 37.5. The maximum Gasteiger partial charge on any atom is 0.306 e. The Morgan fingerprint density at radius 2 is 0.539 bits per heavy atom. The summed E-state index contributed by atoms with van der Waals surface area (Å²) in [5.74, 6) is -1.01. The molecule has 0 aliphatic rings. The topological polar surface area (TPSA) is 78.9 Å². The van der Waals surface area contributed by atoms with Gasteiger partial charge in [-0.25, -0.2) is 0 Å². The van der Waals surface area contributed by atoms with Crippen LogP contribution in [0.3, 0.4) is 0 Å². The van der Waals surface area contributed by atoms with E-state index in [1.54, 1.807) is 0 Å². The molecule has 6 nitrogen and oxygen atoms in total. The Hall–Kier alpha value is -4.71. The zero-order valence-corrected chi connectivity index (χ0v) is 49.0. The van der Waals surface area contributed by atoms with Crippen molar-refractivity contribution in [1.82, 2.24) is 0 Å². The van der Waals surface area contributed by atoms with E-state index in [1.807, 2.05) is 12.2 Å². The summed E-state index contributed by atoms with van der Waals surface area (Å²) in [6.07, 6.45) is 90.2. The highest BCUT2D eigenvalue weighted by Crippen LogP contribution is 2.15. The van der Waals surface area contributed by atoms with E-state index in [0.29, 0.717) is 19.3 Å². The van der Waals surface area contributed by atoms with E-state index >= 15 is 0 Å². The van der Waals surface area contributed by atoms with Gasteiger partial charge < -0.3 is 14.2 Å². The zero-order chi connectivity index (χ0) is 55.0. The van der Waals surface area contributed by atoms with Gasteiger partial charge in [-0.3, -0.25) is 14.4 Å². The van der Waals surface area contributed by atoms with E-state index in [0.717, 1.165) is 122 Å². The maximum atomic E-state index is 12.8. The van der Waals surface area contributed by atoms with Crippen LogP contribution in [0.1, 0.15) is 258 Å². The van der Waals surface area contributed by atoms with E-state index in [9.17, 15) is 14.4 Å². The molecule has 0 bridgehead atoms. The van der Waals surface area contributed by atoms with Gasteiger partial charge in [0.25, 0.3) is 0 Å². The first-order valence-corrected chi connectivity index (χ1v) is 30.8. The minimum absolute atomic E-state index is 0.111. The molecular weight excluding hydrogens is 937 g/mol. The highest BCUT2D eigenvalue weighted by molar-refractivity contribution is 5.71. The highest BCUT2D eigenvalue weighted by atomic mass is 16.6. The van der Waals surface area contributed by atoms with Crippen molar-refractivity contribution in [2.24, 2.45) is 0 Å². The fraction of sp³-hybridized carbons (Fsp3) is 0.614. The van der Waals surface area contributed by atoms with Gasteiger partial charge in [0.15, 0.2) is 6.10 Å². The number of unbranched alkanes of at least 4 members (excludes halogenated alkanes) is 19. The molecular formula is C70H112O6. The number of hydrogen-bond acceptors (Lipinski definition) is 6. The number of hydrogen-bond donors (Lipinski definition) is 0. The van der Waals surface area contributed by atoms with Crippen LogP contribution in [-0.2, 0) is 28.6 Å². The standard InChI is InChI=1S/C70H112O6/c1-4-7-10-13-16-19-22-25-26-27-28-29-30-31-32-33-34-35-36-37-38-39-40-41-42-43-44-46-48-51-54-57-60-63-69(72)75-66-67(65-74-68(71)62-59-56-53-50-47-24-21-18-15-12-9-6-3)76-70(73)64-61-58-55-52-49-45-23-20-17-14-11-8-5-2/h7-8,10-11,16-17,19-20,25-26,28-29,31-32,34-35,37-38,40-41,45,49,55,58,67H,4-6,9,12-15,18,21-24,27,30,33,36,39,42-44,46-48,50-54,56-57,59-66H2,1-3H3/b10-7-,11-8-,19-16-,20-17-,26-25-,29-28-,32-31-,35-34-,38-37-,41-40-,49-45-,58-55-. The Bertz CT molecular complexity index is 1680. The van der Waals surface area contributed by atoms with Gasteiger partial charge in [-0.2, -0.15) is 0 Å². The van der Waals surface area contributed by atoms with Gasteiger partial charge in [-0.05, 0) is 109 Å². The normalized spacial score (nSPS) is 13.1. The predicted octanol–water partition coefficient (Wildman–Crippen LogP) is 21.2. The van der Waals surface area contributed by atoms with Crippen molar-refractivity contribution < 1.29 is 28.6 Å². The minimum atomic E-state index is -0.822. The van der Waals surface area contributed by atoms with Gasteiger partial charge in [-0.15, -0.1) is 0 Å². The minimum Gasteiger partial charge on any atom is -0.462 e. The van der Waals surface area contributed by atoms with Crippen molar-refractivity contribution in [3.8, 4) is 0 Å². The summed E-state index contributed by atoms with van der Waals surface area (Å²) < 4.78 is 16.8. The fourth-order valence-corrected chi connectivity index (χ4v) is 8.06. The van der Waals surface area contributed by atoms with Gasteiger partial charge >= 0.3 is 17.9 Å². The lowest BCUT2D eigenvalue weighted by atomic mass is 10.0. The van der Waals surface area contributed by atoms with E-state index in [2.05, 4.69) is 154 Å². The molecule has 0 saturated heterocycles. The number of carbonyl (C=O) groups excluding carboxylic acids is 3. The Labute approximate surface area is 467 Å². The number of ether oxygens (including phenoxy) is 3. The average Bonchev–Trinajstić information content (AvgIpc) is 3.42. The summed E-state index contributed by atoms with van der Waals surface area (Å²) in [6.45, 7) is 6.33. The Balaban J connectivity index is 4.28. The molecule has 428 valence electrons. The summed E-state index contributed by atoms with van der Waals surface area (Å²) in [6, 6.07) is 0. The number of esters is 3. The third kappa shape index (κ3) is 60.2. The molecule has 76 heavy (non-hydrogen) atoms. The molecule has 0 aliphatic heterocycles. The first-order valence-electron chi connectivity index (χ1n) is 30.8. The van der Waals surface area contributed by atoms with Crippen LogP contribution in [-0.4, -0.2) is 37.2 Å². The molecule has 0 N–H and O–H groups in total. The molecule has 0 heterocycles. The third-order valence-electron chi connectivity index (χ3n) is 12.6. The molecule has 6 heteroatoms. The lowest BCUT2D eigenvalue weighted by Crippen LogP contribution is -2.30. The van der Waals surface area contributed by atoms with Crippen molar-refractivity contribution in [3.05, 3.63) is 146 Å². The van der Waals surface area contributed by atoms with E-state index in [1.165, 1.54) is 89.9 Å². The smallest absolute Gasteiger partial charge is 0.306 e. The van der Waals surface area contributed by atoms with Crippen molar-refractivity contribution in [1.29, 1.82) is 0 Å². The molecule has 0 aromatic carbocycles. The quantitative estimate of drug-likeness (QED) is 0.0261. The predicted molar refractivity (Wildman–Crippen MR) is 329 cm³/mol. The van der Waals surface area contributed by atoms with Gasteiger partial charge in [-0.1, -0.05) is 276 Å². The summed E-state index contributed by atoms with van der Waals surface area (Å²) in [5.41, 5.74) is 0. The summed E-state index contributed by atoms with van der Waals surface area (Å²) >= 11 is 0. The Morgan fingerprint density at radius 1 is 0.276 bits per heavy atom. The van der Waals surface area contributed by atoms with E-state index in [-0.39, 0.29) is 31.6 Å². The molecule has 0 aromatic heterocycles. The number of rotatable bonds is 54. The molecule has 1 atom stereocenters. The fourth-order valence-electron chi connectivity index (χ4n) is 8.06. The molecule has 1 unspecified atom stereocenters. The third-order valence-corrected chi connectivity index (χ3v) is 12.6. The van der Waals surface area contributed by atoms with Crippen LogP contribution in [0.4, 0.5) is 0 Å². The van der Waals surface area contributed by atoms with Crippen LogP contribution < -0.4 is 0 Å². The van der Waals surface area contributed by atoms with Gasteiger partial charge in [0, 0.05) is 19.3 Å². The average molecular weight is 1050 g/mol. The van der Waals surface area contributed by atoms with Crippen LogP contribution in [0, 0.1) is 0 Å². The highest BCUT2D eigenvalue weighted by Gasteiger charge is 2.19. The molecule has 0 rings (SSSR count). The Morgan fingerprint density at radius 3 is 0.855 bits per heavy atom. The van der Waals surface area contributed by atoms with Crippen LogP contribution in [0.25, 0.3) is 0 Å².